The Kier molecular flexibility index (Phi) is 5.06. The van der Waals surface area contributed by atoms with Crippen LogP contribution in [0.3, 0.4) is 0 Å². The summed E-state index contributed by atoms with van der Waals surface area (Å²) in [5.41, 5.74) is 4.46. The Morgan fingerprint density at radius 3 is 2.33 bits per heavy atom. The lowest BCUT2D eigenvalue weighted by atomic mass is 10.0. The molecule has 1 rings (SSSR count). The highest BCUT2D eigenvalue weighted by molar-refractivity contribution is 8.13. The number of anilines is 1. The van der Waals surface area contributed by atoms with E-state index in [9.17, 15) is 23.8 Å². The van der Waals surface area contributed by atoms with Crippen LogP contribution in [0.1, 0.15) is 18.6 Å². The molecule has 0 aliphatic rings. The van der Waals surface area contributed by atoms with Crippen molar-refractivity contribution in [3.63, 3.8) is 0 Å². The number of halogens is 2. The fourth-order valence-corrected chi connectivity index (χ4v) is 1.96. The molecule has 4 nitrogen and oxygen atoms in total. The summed E-state index contributed by atoms with van der Waals surface area (Å²) >= 11 is 0.759. The van der Waals surface area contributed by atoms with Crippen LogP contribution in [0.5, 0.6) is 0 Å². The predicted octanol–water partition coefficient (Wildman–Crippen LogP) is 1.22. The second-order valence-electron chi connectivity index (χ2n) is 3.71. The third kappa shape index (κ3) is 3.66. The summed E-state index contributed by atoms with van der Waals surface area (Å²) in [6.45, 7) is 1.29. The molecular weight excluding hydrogens is 264 g/mol. The molecule has 0 aliphatic heterocycles. The molecule has 0 aromatic heterocycles. The molecule has 18 heavy (non-hydrogen) atoms. The molecule has 0 heterocycles. The van der Waals surface area contributed by atoms with Crippen LogP contribution in [0.2, 0.25) is 0 Å². The molecular formula is C11H13F2NO3S. The monoisotopic (exact) mass is 277 g/mol. The van der Waals surface area contributed by atoms with Crippen molar-refractivity contribution >= 4 is 22.6 Å². The quantitative estimate of drug-likeness (QED) is 0.721. The first-order chi connectivity index (χ1) is 8.32. The van der Waals surface area contributed by atoms with Gasteiger partial charge >= 0.3 is 0 Å². The van der Waals surface area contributed by atoms with Gasteiger partial charge in [0.05, 0.1) is 11.7 Å². The Bertz CT molecular complexity index is 433. The molecule has 0 bridgehead atoms. The van der Waals surface area contributed by atoms with Crippen LogP contribution >= 0.6 is 11.8 Å². The second kappa shape index (κ2) is 6.12. The molecule has 100 valence electrons. The summed E-state index contributed by atoms with van der Waals surface area (Å²) in [6, 6.07) is 1.71. The minimum atomic E-state index is -1.75. The van der Waals surface area contributed by atoms with Crippen LogP contribution in [0, 0.1) is 11.6 Å². The highest BCUT2D eigenvalue weighted by Gasteiger charge is 2.25. The summed E-state index contributed by atoms with van der Waals surface area (Å²) in [6.07, 6.45) is -3.20. The van der Waals surface area contributed by atoms with Gasteiger partial charge in [0.25, 0.3) is 0 Å². The summed E-state index contributed by atoms with van der Waals surface area (Å²) < 4.78 is 26.9. The SMILES string of the molecule is CC(=O)SCC(O)C(O)c1c(F)cc(N)cc1F. The lowest BCUT2D eigenvalue weighted by Gasteiger charge is -2.18. The van der Waals surface area contributed by atoms with Gasteiger partial charge in [-0.15, -0.1) is 0 Å². The fraction of sp³-hybridized carbons (Fsp3) is 0.364. The van der Waals surface area contributed by atoms with Crippen molar-refractivity contribution in [3.05, 3.63) is 29.3 Å². The number of nitrogens with two attached hydrogens (primary N) is 1. The third-order valence-corrected chi connectivity index (χ3v) is 3.13. The van der Waals surface area contributed by atoms with Crippen molar-refractivity contribution in [2.75, 3.05) is 11.5 Å². The Hall–Kier alpha value is -1.18. The van der Waals surface area contributed by atoms with E-state index in [0.717, 1.165) is 23.9 Å². The first kappa shape index (κ1) is 14.9. The minimum absolute atomic E-state index is 0.117. The van der Waals surface area contributed by atoms with Crippen LogP contribution in [-0.2, 0) is 4.79 Å². The lowest BCUT2D eigenvalue weighted by Crippen LogP contribution is -2.23. The van der Waals surface area contributed by atoms with Crippen molar-refractivity contribution in [1.29, 1.82) is 0 Å². The van der Waals surface area contributed by atoms with Gasteiger partial charge in [0.15, 0.2) is 5.12 Å². The average molecular weight is 277 g/mol. The molecule has 0 fully saturated rings. The number of nitrogen functional groups attached to an aromatic ring is 1. The fourth-order valence-electron chi connectivity index (χ4n) is 1.37. The number of carbonyl (C=O) groups is 1. The van der Waals surface area contributed by atoms with Crippen LogP contribution in [0.25, 0.3) is 0 Å². The normalized spacial score (nSPS) is 14.3. The summed E-state index contributed by atoms with van der Waals surface area (Å²) in [5.74, 6) is -2.22. The van der Waals surface area contributed by atoms with E-state index in [1.54, 1.807) is 0 Å². The van der Waals surface area contributed by atoms with Gasteiger partial charge in [-0.1, -0.05) is 11.8 Å². The Morgan fingerprint density at radius 2 is 1.89 bits per heavy atom. The zero-order valence-corrected chi connectivity index (χ0v) is 10.4. The van der Waals surface area contributed by atoms with Crippen molar-refractivity contribution in [2.24, 2.45) is 0 Å². The Morgan fingerprint density at radius 1 is 1.39 bits per heavy atom. The van der Waals surface area contributed by atoms with Crippen LogP contribution in [-0.4, -0.2) is 27.2 Å². The van der Waals surface area contributed by atoms with Crippen molar-refractivity contribution < 1.29 is 23.8 Å². The molecule has 0 saturated heterocycles. The molecule has 0 amide bonds. The smallest absolute Gasteiger partial charge is 0.185 e. The molecule has 2 atom stereocenters. The van der Waals surface area contributed by atoms with Gasteiger partial charge in [-0.25, -0.2) is 8.78 Å². The highest BCUT2D eigenvalue weighted by atomic mass is 32.2. The average Bonchev–Trinajstić information content (AvgIpc) is 2.24. The number of hydrogen-bond donors (Lipinski definition) is 3. The number of rotatable bonds is 4. The Labute approximate surface area is 107 Å². The standard InChI is InChI=1S/C11H13F2NO3S/c1-5(15)18-4-9(16)11(17)10-7(12)2-6(14)3-8(10)13/h2-3,9,11,16-17H,4,14H2,1H3. The van der Waals surface area contributed by atoms with Gasteiger partial charge in [-0.2, -0.15) is 0 Å². The maximum Gasteiger partial charge on any atom is 0.185 e. The van der Waals surface area contributed by atoms with Gasteiger partial charge in [0.2, 0.25) is 0 Å². The van der Waals surface area contributed by atoms with Gasteiger partial charge < -0.3 is 15.9 Å². The number of carbonyl (C=O) groups excluding carboxylic acids is 1. The van der Waals surface area contributed by atoms with Crippen LogP contribution in [0.15, 0.2) is 12.1 Å². The van der Waals surface area contributed by atoms with E-state index in [2.05, 4.69) is 0 Å². The zero-order chi connectivity index (χ0) is 13.9. The molecule has 0 radical (unpaired) electrons. The van der Waals surface area contributed by atoms with E-state index in [0.29, 0.717) is 0 Å². The first-order valence-corrected chi connectivity index (χ1v) is 6.05. The maximum atomic E-state index is 13.5. The van der Waals surface area contributed by atoms with Crippen molar-refractivity contribution in [2.45, 2.75) is 19.1 Å². The van der Waals surface area contributed by atoms with E-state index >= 15 is 0 Å². The van der Waals surface area contributed by atoms with Gasteiger partial charge in [-0.05, 0) is 12.1 Å². The summed E-state index contributed by atoms with van der Waals surface area (Å²) in [4.78, 5) is 10.7. The number of aliphatic hydroxyl groups is 2. The van der Waals surface area contributed by atoms with Crippen LogP contribution < -0.4 is 5.73 Å². The first-order valence-electron chi connectivity index (χ1n) is 5.06. The van der Waals surface area contributed by atoms with E-state index in [1.165, 1.54) is 6.92 Å². The van der Waals surface area contributed by atoms with E-state index in [1.807, 2.05) is 0 Å². The Balaban J connectivity index is 2.89. The van der Waals surface area contributed by atoms with Crippen LogP contribution in [0.4, 0.5) is 14.5 Å². The topological polar surface area (TPSA) is 83.5 Å². The minimum Gasteiger partial charge on any atom is -0.399 e. The summed E-state index contributed by atoms with van der Waals surface area (Å²) in [5, 5.41) is 18.9. The molecule has 2 unspecified atom stereocenters. The predicted molar refractivity (Wildman–Crippen MR) is 64.9 cm³/mol. The largest absolute Gasteiger partial charge is 0.399 e. The van der Waals surface area contributed by atoms with Gasteiger partial charge in [0.1, 0.15) is 17.7 Å². The number of aliphatic hydroxyl groups excluding tert-OH is 2. The number of hydrogen-bond acceptors (Lipinski definition) is 5. The molecule has 7 heteroatoms. The maximum absolute atomic E-state index is 13.5. The molecule has 1 aromatic rings. The molecule has 1 aromatic carbocycles. The lowest BCUT2D eigenvalue weighted by molar-refractivity contribution is -0.109. The van der Waals surface area contributed by atoms with Gasteiger partial charge in [0, 0.05) is 18.4 Å². The number of thioether (sulfide) groups is 1. The highest BCUT2D eigenvalue weighted by Crippen LogP contribution is 2.27. The zero-order valence-electron chi connectivity index (χ0n) is 9.56. The van der Waals surface area contributed by atoms with E-state index < -0.39 is 29.4 Å². The molecule has 0 spiro atoms. The van der Waals surface area contributed by atoms with E-state index in [-0.39, 0.29) is 16.6 Å². The van der Waals surface area contributed by atoms with E-state index in [4.69, 9.17) is 5.73 Å². The molecule has 4 N–H and O–H groups in total. The summed E-state index contributed by atoms with van der Waals surface area (Å²) in [7, 11) is 0. The van der Waals surface area contributed by atoms with Crippen molar-refractivity contribution in [1.82, 2.24) is 0 Å². The van der Waals surface area contributed by atoms with Gasteiger partial charge in [-0.3, -0.25) is 4.79 Å². The molecule has 0 aliphatic carbocycles. The van der Waals surface area contributed by atoms with Crippen molar-refractivity contribution in [3.8, 4) is 0 Å². The third-order valence-electron chi connectivity index (χ3n) is 2.22. The molecule has 0 saturated carbocycles. The second-order valence-corrected chi connectivity index (χ2v) is 4.91. The number of benzene rings is 1.